The van der Waals surface area contributed by atoms with E-state index in [-0.39, 0.29) is 16.6 Å². The number of ether oxygens (including phenoxy) is 1. The lowest BCUT2D eigenvalue weighted by Gasteiger charge is -2.18. The number of carbonyl (C=O) groups excluding carboxylic acids is 1. The zero-order valence-corrected chi connectivity index (χ0v) is 16.5. The van der Waals surface area contributed by atoms with Crippen molar-refractivity contribution in [2.24, 2.45) is 0 Å². The van der Waals surface area contributed by atoms with Crippen LogP contribution in [0.25, 0.3) is 0 Å². The number of benzene rings is 1. The number of hydrogen-bond donors (Lipinski definition) is 1. The Bertz CT molecular complexity index is 900. The van der Waals surface area contributed by atoms with E-state index in [0.717, 1.165) is 23.3 Å². The SMILES string of the molecule is COc1ccc(C(=O)NCc2sccc2C)cc1S(=O)(=O)N1CCCC1. The summed E-state index contributed by atoms with van der Waals surface area (Å²) < 4.78 is 32.5. The molecule has 26 heavy (non-hydrogen) atoms. The van der Waals surface area contributed by atoms with Gasteiger partial charge in [-0.1, -0.05) is 0 Å². The molecule has 8 heteroatoms. The van der Waals surface area contributed by atoms with E-state index >= 15 is 0 Å². The highest BCUT2D eigenvalue weighted by Crippen LogP contribution is 2.30. The second kappa shape index (κ2) is 7.77. The van der Waals surface area contributed by atoms with Crippen molar-refractivity contribution in [1.29, 1.82) is 0 Å². The summed E-state index contributed by atoms with van der Waals surface area (Å²) in [6, 6.07) is 6.52. The van der Waals surface area contributed by atoms with Crippen LogP contribution in [0.5, 0.6) is 5.75 Å². The predicted molar refractivity (Wildman–Crippen MR) is 101 cm³/mol. The molecule has 6 nitrogen and oxygen atoms in total. The lowest BCUT2D eigenvalue weighted by Crippen LogP contribution is -2.29. The first kappa shape index (κ1) is 18.9. The van der Waals surface area contributed by atoms with E-state index in [1.165, 1.54) is 23.5 Å². The minimum absolute atomic E-state index is 0.0434. The maximum Gasteiger partial charge on any atom is 0.251 e. The minimum atomic E-state index is -3.67. The van der Waals surface area contributed by atoms with Gasteiger partial charge in [-0.15, -0.1) is 11.3 Å². The minimum Gasteiger partial charge on any atom is -0.495 e. The summed E-state index contributed by atoms with van der Waals surface area (Å²) in [7, 11) is -2.24. The Balaban J connectivity index is 1.84. The second-order valence-corrected chi connectivity index (χ2v) is 9.09. The Labute approximate surface area is 157 Å². The number of rotatable bonds is 6. The summed E-state index contributed by atoms with van der Waals surface area (Å²) in [6.45, 7) is 3.41. The average Bonchev–Trinajstić information content (AvgIpc) is 3.31. The largest absolute Gasteiger partial charge is 0.495 e. The molecule has 2 aromatic rings. The van der Waals surface area contributed by atoms with E-state index in [0.29, 0.717) is 25.2 Å². The van der Waals surface area contributed by atoms with E-state index in [9.17, 15) is 13.2 Å². The van der Waals surface area contributed by atoms with Crippen LogP contribution in [0.15, 0.2) is 34.5 Å². The summed E-state index contributed by atoms with van der Waals surface area (Å²) in [5.74, 6) is -0.0547. The van der Waals surface area contributed by atoms with Gasteiger partial charge in [-0.3, -0.25) is 4.79 Å². The highest BCUT2D eigenvalue weighted by Gasteiger charge is 2.30. The maximum atomic E-state index is 12.9. The first-order valence-corrected chi connectivity index (χ1v) is 10.7. The van der Waals surface area contributed by atoms with E-state index in [1.807, 2.05) is 18.4 Å². The molecule has 0 radical (unpaired) electrons. The molecule has 0 aliphatic carbocycles. The highest BCUT2D eigenvalue weighted by molar-refractivity contribution is 7.89. The maximum absolute atomic E-state index is 12.9. The Morgan fingerprint density at radius 3 is 2.62 bits per heavy atom. The predicted octanol–water partition coefficient (Wildman–Crippen LogP) is 2.78. The van der Waals surface area contributed by atoms with Crippen LogP contribution in [0.2, 0.25) is 0 Å². The van der Waals surface area contributed by atoms with Crippen molar-refractivity contribution in [3.05, 3.63) is 45.6 Å². The molecule has 1 N–H and O–H groups in total. The van der Waals surface area contributed by atoms with Crippen molar-refractivity contribution in [1.82, 2.24) is 9.62 Å². The summed E-state index contributed by atoms with van der Waals surface area (Å²) in [4.78, 5) is 13.6. The van der Waals surface area contributed by atoms with Crippen LogP contribution >= 0.6 is 11.3 Å². The van der Waals surface area contributed by atoms with Gasteiger partial charge < -0.3 is 10.1 Å². The van der Waals surface area contributed by atoms with Crippen LogP contribution in [-0.2, 0) is 16.6 Å². The Kier molecular flexibility index (Phi) is 5.64. The smallest absolute Gasteiger partial charge is 0.251 e. The molecule has 0 bridgehead atoms. The van der Waals surface area contributed by atoms with Crippen LogP contribution in [-0.4, -0.2) is 38.8 Å². The van der Waals surface area contributed by atoms with Crippen LogP contribution in [0.1, 0.15) is 33.6 Å². The number of thiophene rings is 1. The van der Waals surface area contributed by atoms with Crippen molar-refractivity contribution < 1.29 is 17.9 Å². The van der Waals surface area contributed by atoms with Gasteiger partial charge in [-0.2, -0.15) is 4.31 Å². The molecule has 1 fully saturated rings. The van der Waals surface area contributed by atoms with Gasteiger partial charge in [0.15, 0.2) is 0 Å². The van der Waals surface area contributed by atoms with Crippen LogP contribution < -0.4 is 10.1 Å². The Morgan fingerprint density at radius 2 is 2.00 bits per heavy atom. The average molecular weight is 395 g/mol. The van der Waals surface area contributed by atoms with Gasteiger partial charge in [0.1, 0.15) is 10.6 Å². The molecule has 1 aliphatic heterocycles. The van der Waals surface area contributed by atoms with Gasteiger partial charge in [0.25, 0.3) is 5.91 Å². The summed E-state index contributed by atoms with van der Waals surface area (Å²) in [5, 5.41) is 4.83. The lowest BCUT2D eigenvalue weighted by molar-refractivity contribution is 0.0951. The topological polar surface area (TPSA) is 75.7 Å². The van der Waals surface area contributed by atoms with Crippen molar-refractivity contribution in [2.75, 3.05) is 20.2 Å². The van der Waals surface area contributed by atoms with Crippen molar-refractivity contribution in [2.45, 2.75) is 31.2 Å². The molecule has 0 saturated carbocycles. The lowest BCUT2D eigenvalue weighted by atomic mass is 10.2. The molecule has 1 aromatic heterocycles. The molecule has 2 heterocycles. The number of sulfonamides is 1. The zero-order valence-electron chi connectivity index (χ0n) is 14.8. The number of aryl methyl sites for hydroxylation is 1. The highest BCUT2D eigenvalue weighted by atomic mass is 32.2. The first-order chi connectivity index (χ1) is 12.4. The number of nitrogens with one attached hydrogen (secondary N) is 1. The van der Waals surface area contributed by atoms with Gasteiger partial charge in [-0.05, 0) is 55.0 Å². The van der Waals surface area contributed by atoms with Gasteiger partial charge in [0, 0.05) is 23.5 Å². The fourth-order valence-corrected chi connectivity index (χ4v) is 5.48. The normalized spacial score (nSPS) is 15.2. The van der Waals surface area contributed by atoms with Crippen LogP contribution in [0.3, 0.4) is 0 Å². The molecular formula is C18H22N2O4S2. The first-order valence-electron chi connectivity index (χ1n) is 8.43. The van der Waals surface area contributed by atoms with E-state index in [1.54, 1.807) is 17.4 Å². The number of amides is 1. The van der Waals surface area contributed by atoms with E-state index in [2.05, 4.69) is 5.32 Å². The molecule has 1 saturated heterocycles. The van der Waals surface area contributed by atoms with Gasteiger partial charge in [0.2, 0.25) is 10.0 Å². The Hall–Kier alpha value is -1.90. The standard InChI is InChI=1S/C18H22N2O4S2/c1-13-7-10-25-16(13)12-19-18(21)14-5-6-15(24-2)17(11-14)26(22,23)20-8-3-4-9-20/h5-7,10-11H,3-4,8-9,12H2,1-2H3,(H,19,21). The van der Waals surface area contributed by atoms with Crippen molar-refractivity contribution in [3.8, 4) is 5.75 Å². The molecule has 140 valence electrons. The van der Waals surface area contributed by atoms with Crippen LogP contribution in [0, 0.1) is 6.92 Å². The number of methoxy groups -OCH3 is 1. The zero-order chi connectivity index (χ0) is 18.7. The molecule has 0 spiro atoms. The third-order valence-corrected chi connectivity index (χ3v) is 7.43. The second-order valence-electron chi connectivity index (χ2n) is 6.19. The third-order valence-electron chi connectivity index (χ3n) is 4.49. The molecular weight excluding hydrogens is 372 g/mol. The van der Waals surface area contributed by atoms with E-state index in [4.69, 9.17) is 4.74 Å². The van der Waals surface area contributed by atoms with E-state index < -0.39 is 10.0 Å². The third kappa shape index (κ3) is 3.77. The molecule has 3 rings (SSSR count). The van der Waals surface area contributed by atoms with Crippen molar-refractivity contribution in [3.63, 3.8) is 0 Å². The molecule has 0 atom stereocenters. The quantitative estimate of drug-likeness (QED) is 0.817. The fourth-order valence-electron chi connectivity index (χ4n) is 2.93. The molecule has 1 aliphatic rings. The fraction of sp³-hybridized carbons (Fsp3) is 0.389. The molecule has 1 aromatic carbocycles. The van der Waals surface area contributed by atoms with Crippen LogP contribution in [0.4, 0.5) is 0 Å². The van der Waals surface area contributed by atoms with Gasteiger partial charge in [-0.25, -0.2) is 8.42 Å². The molecule has 1 amide bonds. The van der Waals surface area contributed by atoms with Crippen molar-refractivity contribution >= 4 is 27.3 Å². The Morgan fingerprint density at radius 1 is 1.27 bits per heavy atom. The molecule has 0 unspecified atom stereocenters. The number of hydrogen-bond acceptors (Lipinski definition) is 5. The number of carbonyl (C=O) groups is 1. The van der Waals surface area contributed by atoms with Gasteiger partial charge >= 0.3 is 0 Å². The van der Waals surface area contributed by atoms with Gasteiger partial charge in [0.05, 0.1) is 13.7 Å². The number of nitrogens with zero attached hydrogens (tertiary/aromatic N) is 1. The summed E-state index contributed by atoms with van der Waals surface area (Å²) >= 11 is 1.58. The summed E-state index contributed by atoms with van der Waals surface area (Å²) in [6.07, 6.45) is 1.70. The monoisotopic (exact) mass is 394 g/mol. The summed E-state index contributed by atoms with van der Waals surface area (Å²) in [5.41, 5.74) is 1.43.